The molecule has 0 fully saturated rings. The molecule has 0 aliphatic heterocycles. The minimum atomic E-state index is 0. The summed E-state index contributed by atoms with van der Waals surface area (Å²) in [6.45, 7) is 4.33. The third kappa shape index (κ3) is 5.26. The van der Waals surface area contributed by atoms with E-state index in [0.29, 0.717) is 5.92 Å². The van der Waals surface area contributed by atoms with Gasteiger partial charge in [0, 0.05) is 11.7 Å². The summed E-state index contributed by atoms with van der Waals surface area (Å²) in [6, 6.07) is 7.88. The van der Waals surface area contributed by atoms with Crippen molar-refractivity contribution in [1.29, 1.82) is 0 Å². The van der Waals surface area contributed by atoms with E-state index >= 15 is 0 Å². The molecule has 1 rings (SSSR count). The molecule has 2 nitrogen and oxygen atoms in total. The van der Waals surface area contributed by atoms with E-state index in [4.69, 9.17) is 11.5 Å². The molecule has 1 unspecified atom stereocenters. The molecule has 4 heteroatoms. The van der Waals surface area contributed by atoms with Gasteiger partial charge in [0.2, 0.25) is 0 Å². The van der Waals surface area contributed by atoms with Crippen molar-refractivity contribution in [3.63, 3.8) is 0 Å². The monoisotopic (exact) mass is 250 g/mol. The molecule has 0 heterocycles. The van der Waals surface area contributed by atoms with Crippen molar-refractivity contribution in [2.45, 2.75) is 26.3 Å². The van der Waals surface area contributed by atoms with Crippen molar-refractivity contribution in [3.8, 4) is 0 Å². The van der Waals surface area contributed by atoms with Crippen LogP contribution in [0.4, 0.5) is 5.69 Å². The summed E-state index contributed by atoms with van der Waals surface area (Å²) in [6.07, 6.45) is 0.980. The van der Waals surface area contributed by atoms with Gasteiger partial charge in [0.05, 0.1) is 0 Å². The quantitative estimate of drug-likeness (QED) is 0.811. The fourth-order valence-electron chi connectivity index (χ4n) is 1.48. The average molecular weight is 251 g/mol. The van der Waals surface area contributed by atoms with E-state index in [2.05, 4.69) is 13.8 Å². The lowest BCUT2D eigenvalue weighted by atomic mass is 9.97. The van der Waals surface area contributed by atoms with E-state index in [1.807, 2.05) is 24.3 Å². The number of benzene rings is 1. The van der Waals surface area contributed by atoms with Crippen LogP contribution in [0.5, 0.6) is 0 Å². The van der Waals surface area contributed by atoms with Crippen molar-refractivity contribution in [2.24, 2.45) is 11.7 Å². The molecule has 0 saturated heterocycles. The van der Waals surface area contributed by atoms with Gasteiger partial charge in [-0.2, -0.15) is 0 Å². The first-order valence-corrected chi connectivity index (χ1v) is 4.71. The van der Waals surface area contributed by atoms with Gasteiger partial charge in [-0.1, -0.05) is 32.0 Å². The van der Waals surface area contributed by atoms with Crippen molar-refractivity contribution < 1.29 is 0 Å². The number of hydrogen-bond donors (Lipinski definition) is 2. The van der Waals surface area contributed by atoms with E-state index in [9.17, 15) is 0 Å². The predicted octanol–water partition coefficient (Wildman–Crippen LogP) is 3.16. The second kappa shape index (κ2) is 7.80. The zero-order chi connectivity index (χ0) is 9.84. The summed E-state index contributed by atoms with van der Waals surface area (Å²) < 4.78 is 0. The van der Waals surface area contributed by atoms with Crippen LogP contribution >= 0.6 is 24.8 Å². The Kier molecular flexibility index (Phi) is 8.83. The number of nitrogens with two attached hydrogens (primary N) is 2. The zero-order valence-corrected chi connectivity index (χ0v) is 10.8. The van der Waals surface area contributed by atoms with E-state index < -0.39 is 0 Å². The molecule has 0 spiro atoms. The van der Waals surface area contributed by atoms with Crippen LogP contribution in [0.2, 0.25) is 0 Å². The van der Waals surface area contributed by atoms with Gasteiger partial charge < -0.3 is 11.5 Å². The lowest BCUT2D eigenvalue weighted by Crippen LogP contribution is -2.14. The smallest absolute Gasteiger partial charge is 0.0362 e. The largest absolute Gasteiger partial charge is 0.398 e. The van der Waals surface area contributed by atoms with Gasteiger partial charge in [-0.15, -0.1) is 24.8 Å². The highest BCUT2D eigenvalue weighted by atomic mass is 35.5. The van der Waals surface area contributed by atoms with Crippen molar-refractivity contribution in [2.75, 3.05) is 5.73 Å². The number of hydrogen-bond acceptors (Lipinski definition) is 2. The van der Waals surface area contributed by atoms with Crippen LogP contribution in [0.3, 0.4) is 0 Å². The second-order valence-electron chi connectivity index (χ2n) is 3.86. The Balaban J connectivity index is 0. The Morgan fingerprint density at radius 3 is 2.13 bits per heavy atom. The first-order chi connectivity index (χ1) is 6.11. The zero-order valence-electron chi connectivity index (χ0n) is 9.14. The molecule has 0 amide bonds. The lowest BCUT2D eigenvalue weighted by Gasteiger charge is -2.16. The molecule has 1 aromatic rings. The fraction of sp³-hybridized carbons (Fsp3) is 0.455. The number of halogens is 2. The lowest BCUT2D eigenvalue weighted by molar-refractivity contribution is 0.511. The van der Waals surface area contributed by atoms with Crippen LogP contribution in [0.25, 0.3) is 0 Å². The maximum absolute atomic E-state index is 6.02. The molecule has 1 atom stereocenters. The van der Waals surface area contributed by atoms with Gasteiger partial charge in [0.1, 0.15) is 0 Å². The van der Waals surface area contributed by atoms with Crippen LogP contribution < -0.4 is 11.5 Å². The highest BCUT2D eigenvalue weighted by Crippen LogP contribution is 2.23. The molecule has 0 bridgehead atoms. The minimum absolute atomic E-state index is 0. The third-order valence-corrected chi connectivity index (χ3v) is 2.12. The van der Waals surface area contributed by atoms with Gasteiger partial charge in [0.25, 0.3) is 0 Å². The highest BCUT2D eigenvalue weighted by molar-refractivity contribution is 5.85. The molecule has 0 aliphatic rings. The minimum Gasteiger partial charge on any atom is -0.398 e. The second-order valence-corrected chi connectivity index (χ2v) is 3.86. The maximum atomic E-state index is 6.02. The van der Waals surface area contributed by atoms with Crippen LogP contribution in [0.1, 0.15) is 31.9 Å². The molecule has 15 heavy (non-hydrogen) atoms. The maximum Gasteiger partial charge on any atom is 0.0362 e. The molecule has 4 N–H and O–H groups in total. The van der Waals surface area contributed by atoms with Crippen molar-refractivity contribution in [3.05, 3.63) is 29.8 Å². The topological polar surface area (TPSA) is 52.0 Å². The molecule has 0 aromatic heterocycles. The molecule has 88 valence electrons. The van der Waals surface area contributed by atoms with Crippen LogP contribution in [-0.2, 0) is 0 Å². The van der Waals surface area contributed by atoms with Gasteiger partial charge in [-0.05, 0) is 24.0 Å². The summed E-state index contributed by atoms with van der Waals surface area (Å²) in [5.41, 5.74) is 13.7. The Hall–Kier alpha value is -0.440. The summed E-state index contributed by atoms with van der Waals surface area (Å²) in [5.74, 6) is 0.606. The van der Waals surface area contributed by atoms with Gasteiger partial charge in [0.15, 0.2) is 0 Å². The summed E-state index contributed by atoms with van der Waals surface area (Å²) >= 11 is 0. The molecule has 0 aliphatic carbocycles. The normalized spacial score (nSPS) is 11.5. The van der Waals surface area contributed by atoms with Crippen molar-refractivity contribution in [1.82, 2.24) is 0 Å². The summed E-state index contributed by atoms with van der Waals surface area (Å²) in [7, 11) is 0. The van der Waals surface area contributed by atoms with Crippen LogP contribution in [0, 0.1) is 5.92 Å². The first-order valence-electron chi connectivity index (χ1n) is 4.71. The van der Waals surface area contributed by atoms with Gasteiger partial charge in [-0.3, -0.25) is 0 Å². The fourth-order valence-corrected chi connectivity index (χ4v) is 1.48. The SMILES string of the molecule is CC(C)CC(N)c1ccccc1N.Cl.Cl. The van der Waals surface area contributed by atoms with E-state index in [1.54, 1.807) is 0 Å². The summed E-state index contributed by atoms with van der Waals surface area (Å²) in [5, 5.41) is 0. The van der Waals surface area contributed by atoms with Gasteiger partial charge in [-0.25, -0.2) is 0 Å². The highest BCUT2D eigenvalue weighted by Gasteiger charge is 2.09. The number of nitrogen functional groups attached to an aromatic ring is 1. The molecular weight excluding hydrogens is 231 g/mol. The predicted molar refractivity (Wildman–Crippen MR) is 71.7 cm³/mol. The van der Waals surface area contributed by atoms with E-state index in [0.717, 1.165) is 17.7 Å². The summed E-state index contributed by atoms with van der Waals surface area (Å²) in [4.78, 5) is 0. The Bertz CT molecular complexity index is 277. The number of anilines is 1. The average Bonchev–Trinajstić information content (AvgIpc) is 2.03. The Morgan fingerprint density at radius 1 is 1.13 bits per heavy atom. The molecular formula is C11H20Cl2N2. The number of para-hydroxylation sites is 1. The van der Waals surface area contributed by atoms with Gasteiger partial charge >= 0.3 is 0 Å². The van der Waals surface area contributed by atoms with Crippen LogP contribution in [0.15, 0.2) is 24.3 Å². The Labute approximate surface area is 104 Å². The first kappa shape index (κ1) is 17.0. The van der Waals surface area contributed by atoms with Crippen LogP contribution in [-0.4, -0.2) is 0 Å². The molecule has 1 aromatic carbocycles. The van der Waals surface area contributed by atoms with Crippen molar-refractivity contribution >= 4 is 30.5 Å². The number of rotatable bonds is 3. The Morgan fingerprint density at radius 2 is 1.67 bits per heavy atom. The van der Waals surface area contributed by atoms with E-state index in [-0.39, 0.29) is 30.9 Å². The third-order valence-electron chi connectivity index (χ3n) is 2.12. The molecule has 0 saturated carbocycles. The molecule has 0 radical (unpaired) electrons. The van der Waals surface area contributed by atoms with E-state index in [1.165, 1.54) is 0 Å². The standard InChI is InChI=1S/C11H18N2.2ClH/c1-8(2)7-11(13)9-5-3-4-6-10(9)12;;/h3-6,8,11H,7,12-13H2,1-2H3;2*1H.